The molecule has 2 nitrogen and oxygen atoms in total. The van der Waals surface area contributed by atoms with Crippen molar-refractivity contribution in [3.05, 3.63) is 12.0 Å². The van der Waals surface area contributed by atoms with Gasteiger partial charge in [0.15, 0.2) is 10.7 Å². The molecule has 0 spiro atoms. The molecule has 0 atom stereocenters. The maximum Gasteiger partial charge on any atom is 0.161 e. The zero-order valence-electron chi connectivity index (χ0n) is 2.42. The maximum absolute atomic E-state index is 9.22. The summed E-state index contributed by atoms with van der Waals surface area (Å²) in [4.78, 5) is 0. The van der Waals surface area contributed by atoms with Crippen molar-refractivity contribution in [2.24, 2.45) is 0 Å². The van der Waals surface area contributed by atoms with Crippen LogP contribution in [-0.2, 0) is 10.7 Å². The minimum absolute atomic E-state index is 0.620. The van der Waals surface area contributed by atoms with Gasteiger partial charge in [0.2, 0.25) is 0 Å². The van der Waals surface area contributed by atoms with Gasteiger partial charge in [-0.25, -0.2) is 8.42 Å². The van der Waals surface area contributed by atoms with E-state index in [2.05, 4.69) is 6.58 Å². The van der Waals surface area contributed by atoms with E-state index < -0.39 is 10.7 Å². The molecule has 0 aromatic rings. The minimum atomic E-state index is -2.45. The Labute approximate surface area is 32.1 Å². The first-order chi connectivity index (χ1) is 2.27. The van der Waals surface area contributed by atoms with Crippen molar-refractivity contribution in [1.29, 1.82) is 0 Å². The lowest BCUT2D eigenvalue weighted by Crippen LogP contribution is -1.54. The third-order valence-electron chi connectivity index (χ3n) is 0.122. The van der Waals surface area contributed by atoms with Crippen molar-refractivity contribution in [3.63, 3.8) is 0 Å². The van der Waals surface area contributed by atoms with Gasteiger partial charge in [0.1, 0.15) is 0 Å². The van der Waals surface area contributed by atoms with Crippen LogP contribution < -0.4 is 0 Å². The van der Waals surface area contributed by atoms with Crippen LogP contribution in [0.4, 0.5) is 0 Å². The highest BCUT2D eigenvalue weighted by atomic mass is 32.2. The summed E-state index contributed by atoms with van der Waals surface area (Å²) in [6.45, 7) is 4.45. The van der Waals surface area contributed by atoms with Gasteiger partial charge in [0, 0.05) is 5.41 Å². The van der Waals surface area contributed by atoms with Gasteiger partial charge in [-0.3, -0.25) is 0 Å². The van der Waals surface area contributed by atoms with Crippen molar-refractivity contribution in [3.8, 4) is 0 Å². The van der Waals surface area contributed by atoms with Crippen LogP contribution in [0.3, 0.4) is 0 Å². The van der Waals surface area contributed by atoms with Gasteiger partial charge in [-0.05, 0) is 0 Å². The second kappa shape index (κ2) is 1.96. The summed E-state index contributed by atoms with van der Waals surface area (Å²) in [6.07, 6.45) is 0. The lowest BCUT2D eigenvalue weighted by Gasteiger charge is -1.49. The molecular weight excluding hydrogens is 88.1 g/mol. The fourth-order valence-corrected chi connectivity index (χ4v) is 0. The Morgan fingerprint density at radius 3 is 1.80 bits per heavy atom. The molecule has 0 bridgehead atoms. The van der Waals surface area contributed by atoms with Crippen molar-refractivity contribution in [2.75, 3.05) is 0 Å². The van der Waals surface area contributed by atoms with E-state index >= 15 is 0 Å². The van der Waals surface area contributed by atoms with E-state index in [1.807, 2.05) is 0 Å². The summed E-state index contributed by atoms with van der Waals surface area (Å²) in [5.41, 5.74) is 0. The smallest absolute Gasteiger partial charge is 0.161 e. The first kappa shape index (κ1) is 4.69. The zero-order valence-corrected chi connectivity index (χ0v) is 3.31. The minimum Gasteiger partial charge on any atom is -0.227 e. The van der Waals surface area contributed by atoms with Crippen molar-refractivity contribution in [1.82, 2.24) is 0 Å². The van der Waals surface area contributed by atoms with E-state index in [1.54, 1.807) is 0 Å². The van der Waals surface area contributed by atoms with Crippen molar-refractivity contribution in [2.45, 2.75) is 0 Å². The van der Waals surface area contributed by atoms with E-state index in [9.17, 15) is 8.42 Å². The van der Waals surface area contributed by atoms with E-state index in [0.717, 1.165) is 0 Å². The molecule has 0 aromatic carbocycles. The number of rotatable bonds is 1. The fraction of sp³-hybridized carbons (Fsp3) is 0. The van der Waals surface area contributed by atoms with Crippen LogP contribution in [0.25, 0.3) is 0 Å². The molecule has 5 heavy (non-hydrogen) atoms. The Balaban J connectivity index is 3.69. The fourth-order valence-electron chi connectivity index (χ4n) is 0. The van der Waals surface area contributed by atoms with Crippen LogP contribution in [0.15, 0.2) is 5.41 Å². The highest BCUT2D eigenvalue weighted by Gasteiger charge is 1.55. The molecular formula is C2H3O2S. The van der Waals surface area contributed by atoms with Crippen LogP contribution >= 0.6 is 0 Å². The summed E-state index contributed by atoms with van der Waals surface area (Å²) >= 11 is 0. The lowest BCUT2D eigenvalue weighted by molar-refractivity contribution is 0.622. The predicted molar refractivity (Wildman–Crippen MR) is 19.2 cm³/mol. The Bertz CT molecular complexity index is 83.8. The predicted octanol–water partition coefficient (Wildman–Crippen LogP) is -0.456. The molecule has 0 heterocycles. The van der Waals surface area contributed by atoms with E-state index in [4.69, 9.17) is 0 Å². The molecule has 0 fully saturated rings. The summed E-state index contributed by atoms with van der Waals surface area (Å²) in [6, 6.07) is 0. The Morgan fingerprint density at radius 2 is 1.80 bits per heavy atom. The molecule has 0 aliphatic rings. The molecule has 0 saturated carbocycles. The maximum atomic E-state index is 9.22. The largest absolute Gasteiger partial charge is 0.227 e. The second-order valence-electron chi connectivity index (χ2n) is 0.434. The average Bonchev–Trinajstić information content (AvgIpc) is 1.38. The van der Waals surface area contributed by atoms with E-state index in [0.29, 0.717) is 5.41 Å². The van der Waals surface area contributed by atoms with Gasteiger partial charge in [0.05, 0.1) is 0 Å². The first-order valence-electron chi connectivity index (χ1n) is 0.957. The standard InChI is InChI=1S/C2H3O2S/c1-2-5(3)4/h1-2,5H. The third-order valence-corrected chi connectivity index (χ3v) is 0.365. The van der Waals surface area contributed by atoms with Crippen LogP contribution in [0.2, 0.25) is 0 Å². The zero-order chi connectivity index (χ0) is 4.28. The molecule has 0 rings (SSSR count). The molecule has 0 aliphatic carbocycles. The summed E-state index contributed by atoms with van der Waals surface area (Å²) in [5, 5.41) is 0.620. The average molecular weight is 91.1 g/mol. The monoisotopic (exact) mass is 91.0 g/mol. The Hall–Kier alpha value is -0.310. The topological polar surface area (TPSA) is 34.1 Å². The van der Waals surface area contributed by atoms with Crippen LogP contribution in [-0.4, -0.2) is 8.42 Å². The van der Waals surface area contributed by atoms with E-state index in [-0.39, 0.29) is 0 Å². The molecule has 29 valence electrons. The quantitative estimate of drug-likeness (QED) is 0.443. The SMILES string of the molecule is [CH]=C[SH](=O)=O. The number of thiol groups is 1. The normalized spacial score (nSPS) is 8.20. The molecule has 3 heteroatoms. The second-order valence-corrected chi connectivity index (χ2v) is 1.30. The Kier molecular flexibility index (Phi) is 1.84. The Morgan fingerprint density at radius 1 is 1.60 bits per heavy atom. The molecule has 0 saturated heterocycles. The van der Waals surface area contributed by atoms with E-state index in [1.165, 1.54) is 0 Å². The molecule has 0 aromatic heterocycles. The number of hydrogen-bond donors (Lipinski definition) is 1. The summed E-state index contributed by atoms with van der Waals surface area (Å²) in [7, 11) is -2.45. The van der Waals surface area contributed by atoms with Gasteiger partial charge in [0.25, 0.3) is 0 Å². The molecule has 0 N–H and O–H groups in total. The van der Waals surface area contributed by atoms with Crippen LogP contribution in [0.5, 0.6) is 0 Å². The van der Waals surface area contributed by atoms with Gasteiger partial charge >= 0.3 is 0 Å². The highest BCUT2D eigenvalue weighted by molar-refractivity contribution is 7.75. The van der Waals surface area contributed by atoms with Gasteiger partial charge in [-0.1, -0.05) is 6.58 Å². The molecule has 0 amide bonds. The first-order valence-corrected chi connectivity index (χ1v) is 2.20. The van der Waals surface area contributed by atoms with Gasteiger partial charge < -0.3 is 0 Å². The lowest BCUT2D eigenvalue weighted by atomic mass is 11.3. The van der Waals surface area contributed by atoms with Crippen LogP contribution in [0, 0.1) is 6.58 Å². The van der Waals surface area contributed by atoms with Crippen molar-refractivity contribution >= 4 is 10.7 Å². The van der Waals surface area contributed by atoms with Crippen LogP contribution in [0.1, 0.15) is 0 Å². The van der Waals surface area contributed by atoms with Crippen molar-refractivity contribution < 1.29 is 8.42 Å². The third kappa shape index (κ3) is 3.69. The van der Waals surface area contributed by atoms with Gasteiger partial charge in [-0.2, -0.15) is 0 Å². The molecule has 0 aliphatic heterocycles. The molecule has 0 unspecified atom stereocenters. The van der Waals surface area contributed by atoms with Gasteiger partial charge in [-0.15, -0.1) is 0 Å². The molecule has 1 radical (unpaired) electrons. The highest BCUT2D eigenvalue weighted by Crippen LogP contribution is 1.52. The number of hydrogen-bond acceptors (Lipinski definition) is 2. The summed E-state index contributed by atoms with van der Waals surface area (Å²) < 4.78 is 18.4. The summed E-state index contributed by atoms with van der Waals surface area (Å²) in [5.74, 6) is 0.